The molecule has 2 heterocycles. The molecule has 0 aromatic rings. The number of β-amino-alcohol motifs (C(OH)–C–C–N with tert-alkyl or cyclic N) is 1. The van der Waals surface area contributed by atoms with E-state index in [0.29, 0.717) is 45.3 Å². The van der Waals surface area contributed by atoms with Crippen LogP contribution in [0.3, 0.4) is 0 Å². The molecule has 1 amide bonds. The van der Waals surface area contributed by atoms with E-state index in [1.807, 2.05) is 0 Å². The van der Waals surface area contributed by atoms with Crippen molar-refractivity contribution in [2.75, 3.05) is 26.9 Å². The van der Waals surface area contributed by atoms with Crippen molar-refractivity contribution in [3.8, 4) is 0 Å². The Bertz CT molecular complexity index is 701. The van der Waals surface area contributed by atoms with E-state index < -0.39 is 43.0 Å². The van der Waals surface area contributed by atoms with Gasteiger partial charge in [0.1, 0.15) is 23.8 Å². The van der Waals surface area contributed by atoms with Gasteiger partial charge >= 0.3 is 0 Å². The second-order valence-corrected chi connectivity index (χ2v) is 10.3. The first-order chi connectivity index (χ1) is 17.2. The summed E-state index contributed by atoms with van der Waals surface area (Å²) in [5, 5.41) is 39.1. The number of nitrogens with zero attached hydrogens (tertiary/aromatic N) is 1. The van der Waals surface area contributed by atoms with Gasteiger partial charge in [-0.15, -0.1) is 0 Å². The second kappa shape index (κ2) is 15.7. The molecule has 0 bridgehead atoms. The van der Waals surface area contributed by atoms with Gasteiger partial charge in [-0.2, -0.15) is 0 Å². The molecule has 0 spiro atoms. The smallest absolute Gasteiger partial charge is 0.222 e. The van der Waals surface area contributed by atoms with Crippen LogP contribution >= 0.6 is 0 Å². The molecule has 208 valence electrons. The minimum absolute atomic E-state index is 0.0416. The first kappa shape index (κ1) is 30.8. The number of amides is 1. The molecule has 5 unspecified atom stereocenters. The van der Waals surface area contributed by atoms with Gasteiger partial charge in [0.15, 0.2) is 0 Å². The lowest BCUT2D eigenvalue weighted by Crippen LogP contribution is -2.55. The zero-order valence-corrected chi connectivity index (χ0v) is 21.7. The fourth-order valence-electron chi connectivity index (χ4n) is 5.14. The molecule has 0 radical (unpaired) electrons. The van der Waals surface area contributed by atoms with E-state index in [4.69, 9.17) is 9.47 Å². The predicted molar refractivity (Wildman–Crippen MR) is 131 cm³/mol. The molecule has 0 aliphatic carbocycles. The van der Waals surface area contributed by atoms with Gasteiger partial charge < -0.3 is 34.8 Å². The molecule has 2 rings (SSSR count). The van der Waals surface area contributed by atoms with Crippen LogP contribution < -0.4 is 0 Å². The molecule has 7 atom stereocenters. The Kier molecular flexibility index (Phi) is 13.5. The predicted octanol–water partition coefficient (Wildman–Crippen LogP) is 0.751. The van der Waals surface area contributed by atoms with Crippen molar-refractivity contribution < 1.29 is 44.3 Å². The zero-order valence-electron chi connectivity index (χ0n) is 21.7. The minimum atomic E-state index is -1.18. The number of hydrogen-bond donors (Lipinski definition) is 4. The number of ether oxygens (including phenoxy) is 2. The highest BCUT2D eigenvalue weighted by atomic mass is 16.5. The fourth-order valence-corrected chi connectivity index (χ4v) is 5.14. The third kappa shape index (κ3) is 9.46. The van der Waals surface area contributed by atoms with Crippen LogP contribution in [0, 0.1) is 5.92 Å². The number of aliphatic hydroxyl groups is 4. The molecule has 2 saturated heterocycles. The maximum absolute atomic E-state index is 12.4. The van der Waals surface area contributed by atoms with Crippen molar-refractivity contribution in [2.45, 2.75) is 114 Å². The lowest BCUT2D eigenvalue weighted by atomic mass is 9.85. The fraction of sp³-hybridized carbons (Fsp3) is 0.885. The standard InChI is InChI=1S/C26H45NO9/c1-17-22(36-23(15-28)26(34)25(17)33)13-20(30)10-7-9-19(29)8-5-3-4-6-11-24(32)27-14-21(31)12-18(27)16-35-2/h17-18,21-23,25-26,28,31,33-34H,3-16H2,1-2H3/t17?,18-,21+,22?,23?,25?,26?/m0/s1. The minimum Gasteiger partial charge on any atom is -0.394 e. The number of methoxy groups -OCH3 is 1. The molecular formula is C26H45NO9. The topological polar surface area (TPSA) is 154 Å². The van der Waals surface area contributed by atoms with Gasteiger partial charge in [0.2, 0.25) is 5.91 Å². The number of hydrogen-bond acceptors (Lipinski definition) is 9. The summed E-state index contributed by atoms with van der Waals surface area (Å²) >= 11 is 0. The third-order valence-electron chi connectivity index (χ3n) is 7.39. The largest absolute Gasteiger partial charge is 0.394 e. The summed E-state index contributed by atoms with van der Waals surface area (Å²) in [7, 11) is 1.59. The van der Waals surface area contributed by atoms with Crippen molar-refractivity contribution in [3.05, 3.63) is 0 Å². The van der Waals surface area contributed by atoms with E-state index in [-0.39, 0.29) is 36.4 Å². The Labute approximate surface area is 213 Å². The normalized spacial score (nSPS) is 30.5. The summed E-state index contributed by atoms with van der Waals surface area (Å²) < 4.78 is 10.7. The van der Waals surface area contributed by atoms with Gasteiger partial charge in [-0.25, -0.2) is 0 Å². The number of ketones is 2. The van der Waals surface area contributed by atoms with E-state index in [1.54, 1.807) is 18.9 Å². The Morgan fingerprint density at radius 2 is 1.53 bits per heavy atom. The summed E-state index contributed by atoms with van der Waals surface area (Å²) in [4.78, 5) is 38.6. The number of likely N-dealkylation sites (tertiary alicyclic amines) is 1. The van der Waals surface area contributed by atoms with Crippen molar-refractivity contribution in [1.29, 1.82) is 0 Å². The molecular weight excluding hydrogens is 470 g/mol. The monoisotopic (exact) mass is 515 g/mol. The number of aliphatic hydroxyl groups excluding tert-OH is 4. The Balaban J connectivity index is 1.53. The summed E-state index contributed by atoms with van der Waals surface area (Å²) in [6, 6.07) is -0.0578. The molecule has 10 nitrogen and oxygen atoms in total. The van der Waals surface area contributed by atoms with Crippen LogP contribution in [0.1, 0.15) is 77.6 Å². The third-order valence-corrected chi connectivity index (χ3v) is 7.39. The lowest BCUT2D eigenvalue weighted by molar-refractivity contribution is -0.206. The van der Waals surface area contributed by atoms with Gasteiger partial charge in [0.05, 0.1) is 37.6 Å². The van der Waals surface area contributed by atoms with Gasteiger partial charge in [0.25, 0.3) is 0 Å². The van der Waals surface area contributed by atoms with E-state index in [2.05, 4.69) is 0 Å². The molecule has 2 aliphatic rings. The molecule has 0 saturated carbocycles. The van der Waals surface area contributed by atoms with Crippen LogP contribution in [0.25, 0.3) is 0 Å². The summed E-state index contributed by atoms with van der Waals surface area (Å²) in [5.41, 5.74) is 0. The van der Waals surface area contributed by atoms with Crippen molar-refractivity contribution in [2.24, 2.45) is 5.92 Å². The van der Waals surface area contributed by atoms with Crippen molar-refractivity contribution in [1.82, 2.24) is 4.90 Å². The highest BCUT2D eigenvalue weighted by Crippen LogP contribution is 2.28. The number of unbranched alkanes of at least 4 members (excludes halogenated alkanes) is 3. The highest BCUT2D eigenvalue weighted by molar-refractivity contribution is 5.81. The maximum Gasteiger partial charge on any atom is 0.222 e. The zero-order chi connectivity index (χ0) is 26.7. The average Bonchev–Trinajstić information content (AvgIpc) is 3.21. The molecule has 0 aromatic heterocycles. The van der Waals surface area contributed by atoms with Crippen molar-refractivity contribution >= 4 is 17.5 Å². The van der Waals surface area contributed by atoms with Crippen LogP contribution in [-0.2, 0) is 23.9 Å². The second-order valence-electron chi connectivity index (χ2n) is 10.3. The van der Waals surface area contributed by atoms with E-state index >= 15 is 0 Å². The molecule has 2 fully saturated rings. The van der Waals surface area contributed by atoms with Gasteiger partial charge in [-0.3, -0.25) is 14.4 Å². The number of carbonyl (C=O) groups is 3. The molecule has 0 aromatic carbocycles. The summed E-state index contributed by atoms with van der Waals surface area (Å²) in [6.07, 6.45) is 1.59. The van der Waals surface area contributed by atoms with E-state index in [9.17, 15) is 34.8 Å². The quantitative estimate of drug-likeness (QED) is 0.218. The maximum atomic E-state index is 12.4. The van der Waals surface area contributed by atoms with Crippen molar-refractivity contribution in [3.63, 3.8) is 0 Å². The van der Waals surface area contributed by atoms with Gasteiger partial charge in [-0.05, 0) is 25.7 Å². The van der Waals surface area contributed by atoms with Crippen LogP contribution in [0.15, 0.2) is 0 Å². The molecule has 2 aliphatic heterocycles. The summed E-state index contributed by atoms with van der Waals surface area (Å²) in [6.45, 7) is 2.07. The molecule has 4 N–H and O–H groups in total. The van der Waals surface area contributed by atoms with Crippen LogP contribution in [0.2, 0.25) is 0 Å². The lowest BCUT2D eigenvalue weighted by Gasteiger charge is -2.41. The van der Waals surface area contributed by atoms with Gasteiger partial charge in [-0.1, -0.05) is 19.8 Å². The first-order valence-electron chi connectivity index (χ1n) is 13.3. The SMILES string of the molecule is COC[C@@H]1C[C@@H](O)CN1C(=O)CCCCCCC(=O)CCCC(=O)CC1OC(CO)C(O)C(O)C1C. The highest BCUT2D eigenvalue weighted by Gasteiger charge is 2.42. The average molecular weight is 516 g/mol. The molecule has 10 heteroatoms. The summed E-state index contributed by atoms with van der Waals surface area (Å²) in [5.74, 6) is -0.339. The van der Waals surface area contributed by atoms with Crippen LogP contribution in [0.4, 0.5) is 0 Å². The Morgan fingerprint density at radius 1 is 0.889 bits per heavy atom. The Hall–Kier alpha value is -1.43. The molecule has 36 heavy (non-hydrogen) atoms. The number of Topliss-reactive ketones (excluding diaryl/α,β-unsaturated/α-hetero) is 2. The Morgan fingerprint density at radius 3 is 2.19 bits per heavy atom. The first-order valence-corrected chi connectivity index (χ1v) is 13.3. The van der Waals surface area contributed by atoms with E-state index in [1.165, 1.54) is 0 Å². The number of carbonyl (C=O) groups excluding carboxylic acids is 3. The van der Waals surface area contributed by atoms with Gasteiger partial charge in [0, 0.05) is 51.7 Å². The number of rotatable bonds is 16. The van der Waals surface area contributed by atoms with Crippen LogP contribution in [-0.4, -0.2) is 106 Å². The van der Waals surface area contributed by atoms with Crippen LogP contribution in [0.5, 0.6) is 0 Å². The van der Waals surface area contributed by atoms with E-state index in [0.717, 1.165) is 25.7 Å².